The summed E-state index contributed by atoms with van der Waals surface area (Å²) in [6, 6.07) is 10.5. The number of carbonyl (C=O) groups is 1. The van der Waals surface area contributed by atoms with E-state index in [4.69, 9.17) is 0 Å². The molecule has 3 rings (SSSR count). The second-order valence-electron chi connectivity index (χ2n) is 5.80. The lowest BCUT2D eigenvalue weighted by molar-refractivity contribution is -0.129. The van der Waals surface area contributed by atoms with E-state index in [0.717, 1.165) is 16.5 Å². The van der Waals surface area contributed by atoms with Crippen molar-refractivity contribution in [1.82, 2.24) is 9.88 Å². The van der Waals surface area contributed by atoms with Crippen molar-refractivity contribution < 1.29 is 4.79 Å². The molecule has 0 fully saturated rings. The maximum absolute atomic E-state index is 12.4. The maximum Gasteiger partial charge on any atom is 0.227 e. The van der Waals surface area contributed by atoms with Crippen LogP contribution in [-0.2, 0) is 17.8 Å². The fraction of sp³-hybridized carbons (Fsp3) is 0.278. The zero-order valence-electron chi connectivity index (χ0n) is 13.1. The number of carbonyl (C=O) groups excluding carboxylic acids is 1. The highest BCUT2D eigenvalue weighted by Gasteiger charge is 2.13. The van der Waals surface area contributed by atoms with Gasteiger partial charge in [0.25, 0.3) is 0 Å². The summed E-state index contributed by atoms with van der Waals surface area (Å²) in [5, 5.41) is 1.14. The smallest absolute Gasteiger partial charge is 0.227 e. The lowest BCUT2D eigenvalue weighted by Gasteiger charge is -2.16. The Morgan fingerprint density at radius 2 is 2.05 bits per heavy atom. The van der Waals surface area contributed by atoms with Crippen LogP contribution in [0.1, 0.15) is 20.9 Å². The Bertz CT molecular complexity index is 815. The van der Waals surface area contributed by atoms with Gasteiger partial charge in [0.2, 0.25) is 5.91 Å². The van der Waals surface area contributed by atoms with Gasteiger partial charge in [-0.1, -0.05) is 12.1 Å². The van der Waals surface area contributed by atoms with Gasteiger partial charge in [0.1, 0.15) is 0 Å². The molecule has 4 heteroatoms. The van der Waals surface area contributed by atoms with Crippen molar-refractivity contribution in [2.24, 2.45) is 0 Å². The summed E-state index contributed by atoms with van der Waals surface area (Å²) in [5.41, 5.74) is 3.38. The molecule has 0 unspecified atom stereocenters. The fourth-order valence-electron chi connectivity index (χ4n) is 2.64. The molecule has 0 aliphatic carbocycles. The van der Waals surface area contributed by atoms with Crippen molar-refractivity contribution in [3.63, 3.8) is 0 Å². The van der Waals surface area contributed by atoms with Crippen molar-refractivity contribution in [3.8, 4) is 0 Å². The zero-order valence-corrected chi connectivity index (χ0v) is 14.0. The number of hydrogen-bond acceptors (Lipinski definition) is 2. The second kappa shape index (κ2) is 5.97. The van der Waals surface area contributed by atoms with Crippen LogP contribution in [0.25, 0.3) is 10.9 Å². The predicted octanol–water partition coefficient (Wildman–Crippen LogP) is 4.05. The van der Waals surface area contributed by atoms with E-state index in [0.29, 0.717) is 13.0 Å². The number of likely N-dealkylation sites (N-methyl/N-ethyl adjacent to an activating group) is 1. The maximum atomic E-state index is 12.4. The second-order valence-corrected chi connectivity index (χ2v) is 7.17. The van der Waals surface area contributed by atoms with Gasteiger partial charge in [-0.05, 0) is 43.2 Å². The molecule has 3 nitrogen and oxygen atoms in total. The minimum absolute atomic E-state index is 0.146. The van der Waals surface area contributed by atoms with E-state index >= 15 is 0 Å². The summed E-state index contributed by atoms with van der Waals surface area (Å²) in [6.07, 6.45) is 2.38. The third kappa shape index (κ3) is 3.07. The molecular weight excluding hydrogens is 292 g/mol. The lowest BCUT2D eigenvalue weighted by atomic mass is 10.1. The Labute approximate surface area is 134 Å². The van der Waals surface area contributed by atoms with Gasteiger partial charge in [-0.2, -0.15) is 0 Å². The number of aryl methyl sites for hydroxylation is 2. The van der Waals surface area contributed by atoms with E-state index < -0.39 is 0 Å². The monoisotopic (exact) mass is 312 g/mol. The van der Waals surface area contributed by atoms with Crippen molar-refractivity contribution >= 4 is 28.1 Å². The molecule has 0 aliphatic rings. The van der Waals surface area contributed by atoms with E-state index in [1.165, 1.54) is 15.3 Å². The molecule has 3 aromatic rings. The number of fused-ring (bicyclic) bond motifs is 1. The van der Waals surface area contributed by atoms with Crippen molar-refractivity contribution in [2.45, 2.75) is 26.8 Å². The number of nitrogens with zero attached hydrogens (tertiary/aromatic N) is 1. The average molecular weight is 312 g/mol. The van der Waals surface area contributed by atoms with E-state index in [1.54, 1.807) is 16.2 Å². The topological polar surface area (TPSA) is 36.1 Å². The van der Waals surface area contributed by atoms with Gasteiger partial charge in [-0.25, -0.2) is 0 Å². The first-order chi connectivity index (χ1) is 10.5. The highest BCUT2D eigenvalue weighted by atomic mass is 32.1. The van der Waals surface area contributed by atoms with Gasteiger partial charge in [0, 0.05) is 33.9 Å². The standard InChI is InChI=1S/C18H20N2OS/c1-12-4-7-16-14(10-19-17(16)8-12)9-18(21)20(3)11-15-6-5-13(2)22-15/h4-8,10,19H,9,11H2,1-3H3. The van der Waals surface area contributed by atoms with Gasteiger partial charge >= 0.3 is 0 Å². The number of amides is 1. The van der Waals surface area contributed by atoms with Crippen molar-refractivity contribution in [2.75, 3.05) is 7.05 Å². The molecule has 0 radical (unpaired) electrons. The number of aromatic amines is 1. The lowest BCUT2D eigenvalue weighted by Crippen LogP contribution is -2.27. The third-order valence-electron chi connectivity index (χ3n) is 3.88. The molecule has 0 saturated heterocycles. The van der Waals surface area contributed by atoms with Crippen molar-refractivity contribution in [3.05, 3.63) is 57.4 Å². The van der Waals surface area contributed by atoms with Crippen LogP contribution >= 0.6 is 11.3 Å². The van der Waals surface area contributed by atoms with Gasteiger partial charge in [0.05, 0.1) is 13.0 Å². The molecule has 0 aliphatic heterocycles. The summed E-state index contributed by atoms with van der Waals surface area (Å²) in [6.45, 7) is 4.84. The molecule has 0 spiro atoms. The molecule has 22 heavy (non-hydrogen) atoms. The number of rotatable bonds is 4. The number of aromatic nitrogens is 1. The van der Waals surface area contributed by atoms with E-state index in [9.17, 15) is 4.79 Å². The van der Waals surface area contributed by atoms with Crippen LogP contribution in [0.3, 0.4) is 0 Å². The quantitative estimate of drug-likeness (QED) is 0.775. The van der Waals surface area contributed by atoms with Gasteiger partial charge in [-0.3, -0.25) is 4.79 Å². The van der Waals surface area contributed by atoms with Gasteiger partial charge in [0.15, 0.2) is 0 Å². The predicted molar refractivity (Wildman–Crippen MR) is 92.3 cm³/mol. The minimum atomic E-state index is 0.146. The molecular formula is C18H20N2OS. The number of nitrogens with one attached hydrogen (secondary N) is 1. The molecule has 114 valence electrons. The Balaban J connectivity index is 1.72. The fourth-order valence-corrected chi connectivity index (χ4v) is 3.58. The van der Waals surface area contributed by atoms with Crippen molar-refractivity contribution in [1.29, 1.82) is 0 Å². The summed E-state index contributed by atoms with van der Waals surface area (Å²) in [7, 11) is 1.87. The van der Waals surface area contributed by atoms with E-state index in [2.05, 4.69) is 49.2 Å². The Morgan fingerprint density at radius 3 is 2.77 bits per heavy atom. The first-order valence-electron chi connectivity index (χ1n) is 7.39. The SMILES string of the molecule is Cc1ccc2c(CC(=O)N(C)Cc3ccc(C)s3)c[nH]c2c1. The average Bonchev–Trinajstić information content (AvgIpc) is 3.05. The number of benzene rings is 1. The number of hydrogen-bond donors (Lipinski definition) is 1. The third-order valence-corrected chi connectivity index (χ3v) is 4.86. The van der Waals surface area contributed by atoms with Crippen LogP contribution in [0.15, 0.2) is 36.5 Å². The number of H-pyrrole nitrogens is 1. The normalized spacial score (nSPS) is 11.0. The Hall–Kier alpha value is -2.07. The first-order valence-corrected chi connectivity index (χ1v) is 8.20. The van der Waals surface area contributed by atoms with Crippen LogP contribution in [0.4, 0.5) is 0 Å². The van der Waals surface area contributed by atoms with Gasteiger partial charge < -0.3 is 9.88 Å². The summed E-state index contributed by atoms with van der Waals surface area (Å²) in [5.74, 6) is 0.146. The van der Waals surface area contributed by atoms with Crippen LogP contribution in [0.5, 0.6) is 0 Å². The highest BCUT2D eigenvalue weighted by molar-refractivity contribution is 7.11. The molecule has 2 heterocycles. The highest BCUT2D eigenvalue weighted by Crippen LogP contribution is 2.21. The molecule has 2 aromatic heterocycles. The molecule has 1 aromatic carbocycles. The largest absolute Gasteiger partial charge is 0.361 e. The summed E-state index contributed by atoms with van der Waals surface area (Å²) < 4.78 is 0. The Kier molecular flexibility index (Phi) is 4.03. The zero-order chi connectivity index (χ0) is 15.7. The number of thiophene rings is 1. The molecule has 0 saturated carbocycles. The van der Waals surface area contributed by atoms with Crippen LogP contribution in [0, 0.1) is 13.8 Å². The van der Waals surface area contributed by atoms with Crippen LogP contribution in [-0.4, -0.2) is 22.8 Å². The van der Waals surface area contributed by atoms with E-state index in [1.807, 2.05) is 13.2 Å². The summed E-state index contributed by atoms with van der Waals surface area (Å²) >= 11 is 1.75. The first kappa shape index (κ1) is 14.9. The van der Waals surface area contributed by atoms with Gasteiger partial charge in [-0.15, -0.1) is 11.3 Å². The van der Waals surface area contributed by atoms with Crippen LogP contribution < -0.4 is 0 Å². The Morgan fingerprint density at radius 1 is 1.23 bits per heavy atom. The molecule has 1 amide bonds. The molecule has 1 N–H and O–H groups in total. The minimum Gasteiger partial charge on any atom is -0.361 e. The van der Waals surface area contributed by atoms with Crippen LogP contribution in [0.2, 0.25) is 0 Å². The van der Waals surface area contributed by atoms with E-state index in [-0.39, 0.29) is 5.91 Å². The summed E-state index contributed by atoms with van der Waals surface area (Å²) in [4.78, 5) is 20.0. The molecule has 0 atom stereocenters. The molecule has 0 bridgehead atoms.